The molecule has 0 aromatic carbocycles. The summed E-state index contributed by atoms with van der Waals surface area (Å²) in [6.07, 6.45) is 1.42. The highest BCUT2D eigenvalue weighted by Gasteiger charge is 2.35. The van der Waals surface area contributed by atoms with E-state index >= 15 is 0 Å². The number of hydrogen-bond acceptors (Lipinski definition) is 3. The summed E-state index contributed by atoms with van der Waals surface area (Å²) in [6, 6.07) is 0. The van der Waals surface area contributed by atoms with Crippen molar-refractivity contribution in [2.24, 2.45) is 5.92 Å². The number of carbonyl (C=O) groups excluding carboxylic acids is 1. The molecule has 1 aliphatic rings. The van der Waals surface area contributed by atoms with Crippen LogP contribution in [0.15, 0.2) is 0 Å². The number of amides is 1. The van der Waals surface area contributed by atoms with Gasteiger partial charge in [-0.25, -0.2) is 4.79 Å². The second kappa shape index (κ2) is 4.82. The van der Waals surface area contributed by atoms with Crippen LogP contribution in [0.2, 0.25) is 0 Å². The van der Waals surface area contributed by atoms with E-state index in [9.17, 15) is 9.59 Å². The topological polar surface area (TPSA) is 69.6 Å². The van der Waals surface area contributed by atoms with Crippen LogP contribution in [0.3, 0.4) is 0 Å². The number of nitrogens with zero attached hydrogens (tertiary/aromatic N) is 1. The largest absolute Gasteiger partial charge is 0.480 e. The number of carboxylic acid groups (broad SMARTS) is 1. The highest BCUT2D eigenvalue weighted by molar-refractivity contribution is 5.86. The van der Waals surface area contributed by atoms with Crippen molar-refractivity contribution in [3.63, 3.8) is 0 Å². The van der Waals surface area contributed by atoms with Gasteiger partial charge in [0.05, 0.1) is 0 Å². The van der Waals surface area contributed by atoms with Crippen LogP contribution in [0.25, 0.3) is 0 Å². The monoisotopic (exact) mass is 228 g/mol. The number of rotatable bonds is 4. The van der Waals surface area contributed by atoms with Crippen LogP contribution in [-0.2, 0) is 9.59 Å². The van der Waals surface area contributed by atoms with E-state index in [2.05, 4.69) is 5.32 Å². The summed E-state index contributed by atoms with van der Waals surface area (Å²) in [5.41, 5.74) is -1.14. The molecule has 0 aromatic rings. The summed E-state index contributed by atoms with van der Waals surface area (Å²) in [5.74, 6) is -0.728. The van der Waals surface area contributed by atoms with Crippen LogP contribution in [0.1, 0.15) is 26.7 Å². The standard InChI is InChI=1S/C11H20N2O3/c1-11(2,10(15)16)13(3)9(14)6-8-4-5-12-7-8/h8,12H,4-7H2,1-3H3,(H,15,16). The molecule has 5 nitrogen and oxygen atoms in total. The van der Waals surface area contributed by atoms with Crippen LogP contribution in [0.4, 0.5) is 0 Å². The molecule has 5 heteroatoms. The Morgan fingerprint density at radius 1 is 1.50 bits per heavy atom. The molecular formula is C11H20N2O3. The fourth-order valence-corrected chi connectivity index (χ4v) is 1.73. The minimum atomic E-state index is -1.14. The number of nitrogens with one attached hydrogen (secondary N) is 1. The Morgan fingerprint density at radius 2 is 2.12 bits per heavy atom. The summed E-state index contributed by atoms with van der Waals surface area (Å²) in [4.78, 5) is 24.2. The SMILES string of the molecule is CN(C(=O)CC1CCNC1)C(C)(C)C(=O)O. The van der Waals surface area contributed by atoms with E-state index in [0.29, 0.717) is 12.3 Å². The van der Waals surface area contributed by atoms with E-state index in [-0.39, 0.29) is 5.91 Å². The van der Waals surface area contributed by atoms with Crippen molar-refractivity contribution in [2.75, 3.05) is 20.1 Å². The number of likely N-dealkylation sites (N-methyl/N-ethyl adjacent to an activating group) is 1. The van der Waals surface area contributed by atoms with E-state index in [4.69, 9.17) is 5.11 Å². The summed E-state index contributed by atoms with van der Waals surface area (Å²) < 4.78 is 0. The van der Waals surface area contributed by atoms with Crippen molar-refractivity contribution in [1.82, 2.24) is 10.2 Å². The number of carbonyl (C=O) groups is 2. The lowest BCUT2D eigenvalue weighted by molar-refractivity contribution is -0.155. The van der Waals surface area contributed by atoms with Gasteiger partial charge in [0.2, 0.25) is 5.91 Å². The van der Waals surface area contributed by atoms with Gasteiger partial charge in [-0.3, -0.25) is 4.79 Å². The third-order valence-electron chi connectivity index (χ3n) is 3.36. The van der Waals surface area contributed by atoms with Crippen LogP contribution in [-0.4, -0.2) is 47.6 Å². The molecular weight excluding hydrogens is 208 g/mol. The fourth-order valence-electron chi connectivity index (χ4n) is 1.73. The highest BCUT2D eigenvalue weighted by atomic mass is 16.4. The van der Waals surface area contributed by atoms with Crippen LogP contribution < -0.4 is 5.32 Å². The van der Waals surface area contributed by atoms with Gasteiger partial charge in [0.15, 0.2) is 0 Å². The summed E-state index contributed by atoms with van der Waals surface area (Å²) in [7, 11) is 1.55. The molecule has 0 bridgehead atoms. The summed E-state index contributed by atoms with van der Waals surface area (Å²) >= 11 is 0. The molecule has 0 aliphatic carbocycles. The molecule has 0 aromatic heterocycles. The first-order valence-corrected chi connectivity index (χ1v) is 5.56. The van der Waals surface area contributed by atoms with E-state index in [1.807, 2.05) is 0 Å². The van der Waals surface area contributed by atoms with E-state index in [1.165, 1.54) is 4.90 Å². The van der Waals surface area contributed by atoms with Gasteiger partial charge >= 0.3 is 5.97 Å². The maximum absolute atomic E-state index is 11.9. The van der Waals surface area contributed by atoms with Crippen LogP contribution in [0.5, 0.6) is 0 Å². The highest BCUT2D eigenvalue weighted by Crippen LogP contribution is 2.18. The Balaban J connectivity index is 2.55. The predicted molar refractivity (Wildman–Crippen MR) is 60.1 cm³/mol. The number of aliphatic carboxylic acids is 1. The van der Waals surface area contributed by atoms with E-state index in [1.54, 1.807) is 20.9 Å². The van der Waals surface area contributed by atoms with Gasteiger partial charge in [-0.05, 0) is 39.3 Å². The van der Waals surface area contributed by atoms with Gasteiger partial charge in [-0.1, -0.05) is 0 Å². The summed E-state index contributed by atoms with van der Waals surface area (Å²) in [6.45, 7) is 4.89. The molecule has 1 amide bonds. The first kappa shape index (κ1) is 13.0. The quantitative estimate of drug-likeness (QED) is 0.726. The zero-order valence-electron chi connectivity index (χ0n) is 10.1. The second-order valence-electron chi connectivity index (χ2n) is 4.88. The Bertz CT molecular complexity index is 283. The molecule has 92 valence electrons. The zero-order chi connectivity index (χ0) is 12.3. The first-order valence-electron chi connectivity index (χ1n) is 5.56. The van der Waals surface area contributed by atoms with Gasteiger partial charge in [0.1, 0.15) is 5.54 Å². The van der Waals surface area contributed by atoms with Crippen molar-refractivity contribution in [3.05, 3.63) is 0 Å². The minimum Gasteiger partial charge on any atom is -0.480 e. The molecule has 1 aliphatic heterocycles. The smallest absolute Gasteiger partial charge is 0.329 e. The maximum atomic E-state index is 11.9. The van der Waals surface area contributed by atoms with Crippen molar-refractivity contribution in [1.29, 1.82) is 0 Å². The molecule has 1 rings (SSSR count). The third kappa shape index (κ3) is 2.72. The Hall–Kier alpha value is -1.10. The molecule has 1 saturated heterocycles. The molecule has 1 heterocycles. The lowest BCUT2D eigenvalue weighted by atomic mass is 10.00. The normalized spacial score (nSPS) is 20.8. The van der Waals surface area contributed by atoms with Gasteiger partial charge < -0.3 is 15.3 Å². The Kier molecular flexibility index (Phi) is 3.91. The molecule has 0 saturated carbocycles. The average Bonchev–Trinajstić information content (AvgIpc) is 2.68. The van der Waals surface area contributed by atoms with E-state index in [0.717, 1.165) is 19.5 Å². The molecule has 16 heavy (non-hydrogen) atoms. The first-order chi connectivity index (χ1) is 7.35. The lowest BCUT2D eigenvalue weighted by Crippen LogP contribution is -2.51. The number of carboxylic acids is 1. The second-order valence-corrected chi connectivity index (χ2v) is 4.88. The molecule has 0 radical (unpaired) electrons. The number of hydrogen-bond donors (Lipinski definition) is 2. The molecule has 1 unspecified atom stereocenters. The molecule has 2 N–H and O–H groups in total. The molecule has 1 fully saturated rings. The zero-order valence-corrected chi connectivity index (χ0v) is 10.1. The summed E-state index contributed by atoms with van der Waals surface area (Å²) in [5, 5.41) is 12.2. The van der Waals surface area contributed by atoms with Crippen molar-refractivity contribution in [3.8, 4) is 0 Å². The van der Waals surface area contributed by atoms with Crippen molar-refractivity contribution in [2.45, 2.75) is 32.2 Å². The fraction of sp³-hybridized carbons (Fsp3) is 0.818. The Morgan fingerprint density at radius 3 is 2.56 bits per heavy atom. The molecule has 0 spiro atoms. The minimum absolute atomic E-state index is 0.0962. The van der Waals surface area contributed by atoms with Crippen molar-refractivity contribution >= 4 is 11.9 Å². The van der Waals surface area contributed by atoms with Gasteiger partial charge in [-0.2, -0.15) is 0 Å². The predicted octanol–water partition coefficient (Wildman–Crippen LogP) is 0.308. The average molecular weight is 228 g/mol. The van der Waals surface area contributed by atoms with Gasteiger partial charge in [0.25, 0.3) is 0 Å². The van der Waals surface area contributed by atoms with Crippen LogP contribution >= 0.6 is 0 Å². The third-order valence-corrected chi connectivity index (χ3v) is 3.36. The lowest BCUT2D eigenvalue weighted by Gasteiger charge is -2.32. The van der Waals surface area contributed by atoms with Gasteiger partial charge in [-0.15, -0.1) is 0 Å². The molecule has 1 atom stereocenters. The van der Waals surface area contributed by atoms with Gasteiger partial charge in [0, 0.05) is 13.5 Å². The van der Waals surface area contributed by atoms with Crippen molar-refractivity contribution < 1.29 is 14.7 Å². The maximum Gasteiger partial charge on any atom is 0.329 e. The van der Waals surface area contributed by atoms with E-state index < -0.39 is 11.5 Å². The Labute approximate surface area is 95.8 Å². The van der Waals surface area contributed by atoms with Crippen LogP contribution in [0, 0.1) is 5.92 Å².